The van der Waals surface area contributed by atoms with E-state index in [-0.39, 0.29) is 22.1 Å². The molecule has 0 amide bonds. The van der Waals surface area contributed by atoms with E-state index in [1.54, 1.807) is 11.3 Å². The van der Waals surface area contributed by atoms with E-state index in [9.17, 15) is 4.39 Å². The summed E-state index contributed by atoms with van der Waals surface area (Å²) in [7, 11) is 0. The highest BCUT2D eigenvalue weighted by molar-refractivity contribution is 7.10. The summed E-state index contributed by atoms with van der Waals surface area (Å²) in [6.07, 6.45) is 0.945. The molecule has 6 heteroatoms. The molecule has 0 fully saturated rings. The average molecular weight is 300 g/mol. The molecule has 0 aliphatic carbocycles. The number of hydrogen-bond acceptors (Lipinski definition) is 4. The van der Waals surface area contributed by atoms with Crippen molar-refractivity contribution in [1.29, 1.82) is 0 Å². The average Bonchev–Trinajstić information content (AvgIpc) is 2.83. The molecule has 0 atom stereocenters. The third-order valence-corrected chi connectivity index (χ3v) is 4.26. The summed E-state index contributed by atoms with van der Waals surface area (Å²) in [5, 5.41) is 4.92. The highest BCUT2D eigenvalue weighted by atomic mass is 35.5. The Hall–Kier alpha value is -1.46. The van der Waals surface area contributed by atoms with Gasteiger partial charge in [0.15, 0.2) is 5.82 Å². The van der Waals surface area contributed by atoms with Gasteiger partial charge in [0.25, 0.3) is 0 Å². The van der Waals surface area contributed by atoms with Crippen LogP contribution < -0.4 is 16.8 Å². The van der Waals surface area contributed by atoms with Crippen LogP contribution in [0.25, 0.3) is 0 Å². The van der Waals surface area contributed by atoms with Crippen LogP contribution in [-0.4, -0.2) is 0 Å². The zero-order valence-electron chi connectivity index (χ0n) is 10.5. The van der Waals surface area contributed by atoms with Gasteiger partial charge in [-0.3, -0.25) is 0 Å². The number of aryl methyl sites for hydroxylation is 1. The molecule has 0 aliphatic heterocycles. The van der Waals surface area contributed by atoms with Gasteiger partial charge in [0.1, 0.15) is 5.02 Å². The summed E-state index contributed by atoms with van der Waals surface area (Å²) in [5.41, 5.74) is 13.2. The number of nitrogens with two attached hydrogens (primary N) is 2. The molecule has 5 N–H and O–H groups in total. The van der Waals surface area contributed by atoms with Crippen LogP contribution in [0.4, 0.5) is 21.5 Å². The Kier molecular flexibility index (Phi) is 4.17. The highest BCUT2D eigenvalue weighted by Crippen LogP contribution is 2.34. The summed E-state index contributed by atoms with van der Waals surface area (Å²) in [6, 6.07) is 3.53. The van der Waals surface area contributed by atoms with Crippen LogP contribution in [0.1, 0.15) is 17.4 Å². The summed E-state index contributed by atoms with van der Waals surface area (Å²) >= 11 is 7.41. The second-order valence-corrected chi connectivity index (χ2v) is 5.51. The third kappa shape index (κ3) is 2.77. The maximum absolute atomic E-state index is 14.0. The van der Waals surface area contributed by atoms with Crippen molar-refractivity contribution >= 4 is 40.0 Å². The lowest BCUT2D eigenvalue weighted by molar-refractivity contribution is 0.632. The minimum absolute atomic E-state index is 0.0985. The van der Waals surface area contributed by atoms with Crippen LogP contribution in [0.15, 0.2) is 17.5 Å². The quantitative estimate of drug-likeness (QED) is 0.751. The molecule has 1 aromatic heterocycles. The van der Waals surface area contributed by atoms with Crippen LogP contribution in [0.5, 0.6) is 0 Å². The monoisotopic (exact) mass is 299 g/mol. The van der Waals surface area contributed by atoms with E-state index in [1.807, 2.05) is 5.38 Å². The minimum atomic E-state index is -0.603. The summed E-state index contributed by atoms with van der Waals surface area (Å²) in [6.45, 7) is 2.60. The molecule has 0 bridgehead atoms. The Bertz CT molecular complexity index is 598. The summed E-state index contributed by atoms with van der Waals surface area (Å²) in [4.78, 5) is 1.16. The van der Waals surface area contributed by atoms with Crippen molar-refractivity contribution in [2.75, 3.05) is 16.8 Å². The van der Waals surface area contributed by atoms with Gasteiger partial charge in [-0.2, -0.15) is 0 Å². The van der Waals surface area contributed by atoms with E-state index in [0.29, 0.717) is 6.54 Å². The fourth-order valence-electron chi connectivity index (χ4n) is 1.85. The predicted octanol–water partition coefficient (Wildman–Crippen LogP) is 3.88. The van der Waals surface area contributed by atoms with E-state index in [0.717, 1.165) is 11.3 Å². The predicted molar refractivity (Wildman–Crippen MR) is 81.3 cm³/mol. The van der Waals surface area contributed by atoms with Crippen LogP contribution in [0.3, 0.4) is 0 Å². The molecule has 2 rings (SSSR count). The molecule has 0 unspecified atom stereocenters. The first kappa shape index (κ1) is 14.0. The Balaban J connectivity index is 2.23. The number of nitrogens with one attached hydrogen (secondary N) is 1. The van der Waals surface area contributed by atoms with E-state index >= 15 is 0 Å². The SMILES string of the molecule is CCc1ccsc1CNc1c(N)cc(N)c(Cl)c1F. The molecular formula is C13H15ClFN3S. The van der Waals surface area contributed by atoms with Gasteiger partial charge in [-0.1, -0.05) is 18.5 Å². The number of halogens is 2. The smallest absolute Gasteiger partial charge is 0.169 e. The van der Waals surface area contributed by atoms with Gasteiger partial charge in [-0.05, 0) is 29.5 Å². The van der Waals surface area contributed by atoms with Gasteiger partial charge in [0.05, 0.1) is 17.1 Å². The molecule has 0 saturated heterocycles. The molecule has 0 radical (unpaired) electrons. The Morgan fingerprint density at radius 1 is 1.37 bits per heavy atom. The molecule has 0 aliphatic rings. The molecular weight excluding hydrogens is 285 g/mol. The first-order valence-corrected chi connectivity index (χ1v) is 7.12. The Labute approximate surface area is 120 Å². The first-order valence-electron chi connectivity index (χ1n) is 5.86. The normalized spacial score (nSPS) is 10.7. The standard InChI is InChI=1S/C13H15ClFN3S/c1-2-7-3-4-19-10(7)6-18-13-9(17)5-8(16)11(14)12(13)15/h3-5,18H,2,6,16-17H2,1H3. The van der Waals surface area contributed by atoms with Gasteiger partial charge in [0.2, 0.25) is 0 Å². The van der Waals surface area contributed by atoms with E-state index in [1.165, 1.54) is 11.6 Å². The van der Waals surface area contributed by atoms with Gasteiger partial charge >= 0.3 is 0 Å². The molecule has 2 aromatic rings. The lowest BCUT2D eigenvalue weighted by Gasteiger charge is -2.13. The largest absolute Gasteiger partial charge is 0.397 e. The van der Waals surface area contributed by atoms with Gasteiger partial charge in [-0.25, -0.2) is 4.39 Å². The van der Waals surface area contributed by atoms with Crippen LogP contribution in [-0.2, 0) is 13.0 Å². The van der Waals surface area contributed by atoms with Crippen LogP contribution in [0.2, 0.25) is 5.02 Å². The van der Waals surface area contributed by atoms with Crippen molar-refractivity contribution in [3.8, 4) is 0 Å². The van der Waals surface area contributed by atoms with Crippen molar-refractivity contribution in [1.82, 2.24) is 0 Å². The maximum atomic E-state index is 14.0. The molecule has 19 heavy (non-hydrogen) atoms. The van der Waals surface area contributed by atoms with Crippen molar-refractivity contribution in [3.63, 3.8) is 0 Å². The Morgan fingerprint density at radius 3 is 2.79 bits per heavy atom. The lowest BCUT2D eigenvalue weighted by atomic mass is 10.2. The second-order valence-electron chi connectivity index (χ2n) is 4.13. The second kappa shape index (κ2) is 5.67. The number of rotatable bonds is 4. The maximum Gasteiger partial charge on any atom is 0.169 e. The lowest BCUT2D eigenvalue weighted by Crippen LogP contribution is -2.06. The van der Waals surface area contributed by atoms with Gasteiger partial charge < -0.3 is 16.8 Å². The molecule has 0 spiro atoms. The number of thiophene rings is 1. The van der Waals surface area contributed by atoms with Crippen molar-refractivity contribution in [2.45, 2.75) is 19.9 Å². The van der Waals surface area contributed by atoms with Gasteiger partial charge in [0, 0.05) is 11.4 Å². The third-order valence-electron chi connectivity index (χ3n) is 2.91. The molecule has 1 heterocycles. The molecule has 1 aromatic carbocycles. The molecule has 3 nitrogen and oxygen atoms in total. The number of benzene rings is 1. The van der Waals surface area contributed by atoms with Crippen molar-refractivity contribution < 1.29 is 4.39 Å². The van der Waals surface area contributed by atoms with Crippen molar-refractivity contribution in [3.05, 3.63) is 38.8 Å². The van der Waals surface area contributed by atoms with Crippen molar-refractivity contribution in [2.24, 2.45) is 0 Å². The zero-order valence-corrected chi connectivity index (χ0v) is 12.0. The fraction of sp³-hybridized carbons (Fsp3) is 0.231. The molecule has 0 saturated carbocycles. The first-order chi connectivity index (χ1) is 9.04. The van der Waals surface area contributed by atoms with E-state index in [2.05, 4.69) is 18.3 Å². The van der Waals surface area contributed by atoms with Crippen LogP contribution >= 0.6 is 22.9 Å². The summed E-state index contributed by atoms with van der Waals surface area (Å²) < 4.78 is 14.0. The fourth-order valence-corrected chi connectivity index (χ4v) is 2.92. The zero-order chi connectivity index (χ0) is 14.0. The van der Waals surface area contributed by atoms with Crippen LogP contribution in [0, 0.1) is 5.82 Å². The number of nitrogen functional groups attached to an aromatic ring is 2. The number of anilines is 3. The van der Waals surface area contributed by atoms with E-state index < -0.39 is 5.82 Å². The number of hydrogen-bond donors (Lipinski definition) is 3. The summed E-state index contributed by atoms with van der Waals surface area (Å²) in [5.74, 6) is -0.603. The topological polar surface area (TPSA) is 64.1 Å². The minimum Gasteiger partial charge on any atom is -0.397 e. The van der Waals surface area contributed by atoms with E-state index in [4.69, 9.17) is 23.1 Å². The van der Waals surface area contributed by atoms with Gasteiger partial charge in [-0.15, -0.1) is 11.3 Å². The Morgan fingerprint density at radius 2 is 2.11 bits per heavy atom. The molecule has 102 valence electrons. The highest BCUT2D eigenvalue weighted by Gasteiger charge is 2.14.